The van der Waals surface area contributed by atoms with E-state index in [4.69, 9.17) is 4.74 Å². The van der Waals surface area contributed by atoms with E-state index >= 15 is 0 Å². The van der Waals surface area contributed by atoms with Gasteiger partial charge in [0, 0.05) is 51.5 Å². The largest absolute Gasteiger partial charge is 0.511 e. The highest BCUT2D eigenvalue weighted by Crippen LogP contribution is 2.29. The summed E-state index contributed by atoms with van der Waals surface area (Å²) in [5, 5.41) is 6.50. The van der Waals surface area contributed by atoms with E-state index in [0.717, 1.165) is 12.8 Å². The molecule has 0 aliphatic carbocycles. The molecule has 0 radical (unpaired) electrons. The molecule has 2 aliphatic heterocycles. The molecule has 2 fully saturated rings. The zero-order valence-corrected chi connectivity index (χ0v) is 17.4. The standard InChI is InChI=1S/C16H30F3N5O3S/c1-20-14(21-12-15(23(2)3)6-10-27-11-7-15)22-13-4-8-24(9-5-13)28(25,26)16(17,18)19/h13H,4-12H2,1-3H3,(H2,20,21,22). The molecule has 0 unspecified atom stereocenters. The van der Waals surface area contributed by atoms with Crippen molar-refractivity contribution in [2.75, 3.05) is 54.0 Å². The zero-order chi connectivity index (χ0) is 21.0. The molecule has 2 N–H and O–H groups in total. The monoisotopic (exact) mass is 429 g/mol. The average molecular weight is 430 g/mol. The second kappa shape index (κ2) is 9.14. The molecule has 0 aromatic carbocycles. The number of guanidine groups is 1. The Kier molecular flexibility index (Phi) is 7.56. The maximum absolute atomic E-state index is 12.7. The third kappa shape index (κ3) is 5.28. The van der Waals surface area contributed by atoms with Gasteiger partial charge in [0.1, 0.15) is 0 Å². The second-order valence-electron chi connectivity index (χ2n) is 7.43. The number of hydrogen-bond acceptors (Lipinski definition) is 5. The van der Waals surface area contributed by atoms with E-state index in [1.165, 1.54) is 0 Å². The maximum Gasteiger partial charge on any atom is 0.511 e. The lowest BCUT2D eigenvalue weighted by molar-refractivity contribution is -0.0494. The summed E-state index contributed by atoms with van der Waals surface area (Å²) >= 11 is 0. The lowest BCUT2D eigenvalue weighted by Crippen LogP contribution is -2.58. The van der Waals surface area contributed by atoms with Crippen LogP contribution in [0, 0.1) is 0 Å². The van der Waals surface area contributed by atoms with Gasteiger partial charge in [0.2, 0.25) is 0 Å². The van der Waals surface area contributed by atoms with Crippen LogP contribution in [-0.2, 0) is 14.8 Å². The summed E-state index contributed by atoms with van der Waals surface area (Å²) in [6.07, 6.45) is 2.33. The van der Waals surface area contributed by atoms with Gasteiger partial charge in [-0.2, -0.15) is 17.5 Å². The Hall–Kier alpha value is -1.11. The van der Waals surface area contributed by atoms with Crippen LogP contribution in [0.4, 0.5) is 13.2 Å². The Bertz CT molecular complexity index is 640. The molecular formula is C16H30F3N5O3S. The first-order chi connectivity index (χ1) is 13.0. The van der Waals surface area contributed by atoms with Crippen molar-refractivity contribution in [3.05, 3.63) is 0 Å². The van der Waals surface area contributed by atoms with Crippen LogP contribution in [0.15, 0.2) is 4.99 Å². The molecule has 2 heterocycles. The Morgan fingerprint density at radius 3 is 2.29 bits per heavy atom. The summed E-state index contributed by atoms with van der Waals surface area (Å²) in [6, 6.07) is -0.143. The van der Waals surface area contributed by atoms with E-state index in [1.807, 2.05) is 14.1 Å². The van der Waals surface area contributed by atoms with E-state index in [9.17, 15) is 21.6 Å². The number of sulfonamides is 1. The number of halogens is 3. The Morgan fingerprint density at radius 1 is 1.25 bits per heavy atom. The minimum atomic E-state index is -5.26. The normalized spacial score (nSPS) is 23.0. The number of rotatable bonds is 5. The molecule has 2 saturated heterocycles. The molecule has 2 aliphatic rings. The Balaban J connectivity index is 1.88. The van der Waals surface area contributed by atoms with E-state index in [1.54, 1.807) is 7.05 Å². The van der Waals surface area contributed by atoms with Crippen LogP contribution in [-0.4, -0.2) is 94.7 Å². The maximum atomic E-state index is 12.7. The van der Waals surface area contributed by atoms with Crippen molar-refractivity contribution in [3.8, 4) is 0 Å². The highest BCUT2D eigenvalue weighted by molar-refractivity contribution is 7.90. The fraction of sp³-hybridized carbons (Fsp3) is 0.938. The molecule has 8 nitrogen and oxygen atoms in total. The van der Waals surface area contributed by atoms with Crippen LogP contribution in [0.2, 0.25) is 0 Å². The number of piperidine rings is 1. The van der Waals surface area contributed by atoms with E-state index in [-0.39, 0.29) is 37.5 Å². The fourth-order valence-electron chi connectivity index (χ4n) is 3.56. The first-order valence-corrected chi connectivity index (χ1v) is 10.7. The smallest absolute Gasteiger partial charge is 0.381 e. The van der Waals surface area contributed by atoms with Crippen molar-refractivity contribution in [1.82, 2.24) is 19.8 Å². The first kappa shape index (κ1) is 23.2. The van der Waals surface area contributed by atoms with Gasteiger partial charge in [-0.05, 0) is 39.8 Å². The lowest BCUT2D eigenvalue weighted by atomic mass is 9.88. The number of alkyl halides is 3. The minimum absolute atomic E-state index is 0.0555. The highest BCUT2D eigenvalue weighted by atomic mass is 32.2. The van der Waals surface area contributed by atoms with Gasteiger partial charge in [-0.1, -0.05) is 0 Å². The molecule has 164 valence electrons. The average Bonchev–Trinajstić information content (AvgIpc) is 2.65. The number of aliphatic imine (C=N–C) groups is 1. The van der Waals surface area contributed by atoms with Gasteiger partial charge >= 0.3 is 15.5 Å². The topological polar surface area (TPSA) is 86.3 Å². The van der Waals surface area contributed by atoms with E-state index in [0.29, 0.717) is 30.0 Å². The summed E-state index contributed by atoms with van der Waals surface area (Å²) in [7, 11) is 0.428. The van der Waals surface area contributed by atoms with Crippen molar-refractivity contribution in [2.45, 2.75) is 42.8 Å². The predicted molar refractivity (Wildman–Crippen MR) is 101 cm³/mol. The van der Waals surface area contributed by atoms with E-state index in [2.05, 4.69) is 20.5 Å². The summed E-state index contributed by atoms with van der Waals surface area (Å²) in [6.45, 7) is 1.70. The first-order valence-electron chi connectivity index (χ1n) is 9.31. The van der Waals surface area contributed by atoms with Gasteiger partial charge < -0.3 is 20.3 Å². The fourth-order valence-corrected chi connectivity index (χ4v) is 4.54. The van der Waals surface area contributed by atoms with Crippen LogP contribution >= 0.6 is 0 Å². The number of nitrogens with one attached hydrogen (secondary N) is 2. The molecule has 0 aromatic heterocycles. The molecule has 0 aromatic rings. The predicted octanol–water partition coefficient (Wildman–Crippen LogP) is 0.576. The second-order valence-corrected chi connectivity index (χ2v) is 9.35. The van der Waals surface area contributed by atoms with Crippen LogP contribution in [0.3, 0.4) is 0 Å². The highest BCUT2D eigenvalue weighted by Gasteiger charge is 2.50. The summed E-state index contributed by atoms with van der Waals surface area (Å²) in [4.78, 5) is 6.37. The van der Waals surface area contributed by atoms with Crippen molar-refractivity contribution in [2.24, 2.45) is 4.99 Å². The third-order valence-electron chi connectivity index (χ3n) is 5.61. The van der Waals surface area contributed by atoms with Crippen molar-refractivity contribution in [1.29, 1.82) is 0 Å². The van der Waals surface area contributed by atoms with Crippen LogP contribution in [0.25, 0.3) is 0 Å². The summed E-state index contributed by atoms with van der Waals surface area (Å²) < 4.78 is 67.0. The van der Waals surface area contributed by atoms with Gasteiger partial charge in [0.25, 0.3) is 0 Å². The molecular weight excluding hydrogens is 399 g/mol. The number of hydrogen-bond donors (Lipinski definition) is 2. The Morgan fingerprint density at radius 2 is 1.82 bits per heavy atom. The van der Waals surface area contributed by atoms with Gasteiger partial charge in [-0.3, -0.25) is 4.99 Å². The van der Waals surface area contributed by atoms with Crippen molar-refractivity contribution < 1.29 is 26.3 Å². The van der Waals surface area contributed by atoms with Crippen molar-refractivity contribution in [3.63, 3.8) is 0 Å². The van der Waals surface area contributed by atoms with E-state index < -0.39 is 15.5 Å². The van der Waals surface area contributed by atoms with Gasteiger partial charge in [0.15, 0.2) is 5.96 Å². The zero-order valence-electron chi connectivity index (χ0n) is 16.5. The SMILES string of the molecule is CN=C(NCC1(N(C)C)CCOCC1)NC1CCN(S(=O)(=O)C(F)(F)F)CC1. The minimum Gasteiger partial charge on any atom is -0.381 e. The number of nitrogens with zero attached hydrogens (tertiary/aromatic N) is 3. The molecule has 0 bridgehead atoms. The Labute approximate surface area is 164 Å². The van der Waals surface area contributed by atoms with Gasteiger partial charge in [0.05, 0.1) is 0 Å². The van der Waals surface area contributed by atoms with Crippen molar-refractivity contribution >= 4 is 16.0 Å². The van der Waals surface area contributed by atoms with Gasteiger partial charge in [-0.25, -0.2) is 8.42 Å². The quantitative estimate of drug-likeness (QED) is 0.491. The molecule has 12 heteroatoms. The van der Waals surface area contributed by atoms with Gasteiger partial charge in [-0.15, -0.1) is 0 Å². The summed E-state index contributed by atoms with van der Waals surface area (Å²) in [5.41, 5.74) is -5.31. The summed E-state index contributed by atoms with van der Waals surface area (Å²) in [5.74, 6) is 0.560. The molecule has 0 atom stereocenters. The number of likely N-dealkylation sites (N-methyl/N-ethyl adjacent to an activating group) is 1. The molecule has 0 amide bonds. The third-order valence-corrected chi connectivity index (χ3v) is 7.24. The number of ether oxygens (including phenoxy) is 1. The lowest BCUT2D eigenvalue weighted by Gasteiger charge is -2.43. The van der Waals surface area contributed by atoms with Crippen LogP contribution in [0.5, 0.6) is 0 Å². The van der Waals surface area contributed by atoms with Crippen LogP contribution in [0.1, 0.15) is 25.7 Å². The molecule has 28 heavy (non-hydrogen) atoms. The molecule has 0 saturated carbocycles. The van der Waals surface area contributed by atoms with Crippen LogP contribution < -0.4 is 10.6 Å². The molecule has 2 rings (SSSR count). The molecule has 0 spiro atoms.